The zero-order valence-electron chi connectivity index (χ0n) is 10.8. The van der Waals surface area contributed by atoms with E-state index in [1.54, 1.807) is 11.3 Å². The Balaban J connectivity index is 2.79. The van der Waals surface area contributed by atoms with Gasteiger partial charge in [0.25, 0.3) is 0 Å². The predicted octanol–water partition coefficient (Wildman–Crippen LogP) is 1.97. The monoisotopic (exact) mass is 256 g/mol. The maximum absolute atomic E-state index is 8.64. The molecule has 3 N–H and O–H groups in total. The summed E-state index contributed by atoms with van der Waals surface area (Å²) in [5, 5.41) is 12.7. The fraction of sp³-hybridized carbons (Fsp3) is 0.636. The van der Waals surface area contributed by atoms with E-state index in [1.807, 2.05) is 13.8 Å². The molecule has 0 aliphatic carbocycles. The summed E-state index contributed by atoms with van der Waals surface area (Å²) in [5.74, 6) is 0.262. The minimum Gasteiger partial charge on any atom is -0.409 e. The summed E-state index contributed by atoms with van der Waals surface area (Å²) < 4.78 is 0. The maximum Gasteiger partial charge on any atom is 0.185 e. The Labute approximate surface area is 106 Å². The summed E-state index contributed by atoms with van der Waals surface area (Å²) in [6.07, 6.45) is 0. The molecule has 0 amide bonds. The molecule has 1 aromatic heterocycles. The number of thiazole rings is 1. The number of hydrogen-bond donors (Lipinski definition) is 2. The topological polar surface area (TPSA) is 74.7 Å². The van der Waals surface area contributed by atoms with Gasteiger partial charge in [0.15, 0.2) is 5.13 Å². The molecule has 6 heteroatoms. The highest BCUT2D eigenvalue weighted by Gasteiger charge is 2.16. The molecule has 0 saturated carbocycles. The van der Waals surface area contributed by atoms with Crippen molar-refractivity contribution < 1.29 is 5.21 Å². The normalized spacial score (nSPS) is 13.8. The average molecular weight is 256 g/mol. The first-order chi connectivity index (χ1) is 7.99. The van der Waals surface area contributed by atoms with Crippen molar-refractivity contribution in [3.8, 4) is 0 Å². The van der Waals surface area contributed by atoms with Gasteiger partial charge in [0, 0.05) is 23.9 Å². The maximum atomic E-state index is 8.64. The third-order valence-corrected chi connectivity index (χ3v) is 3.92. The standard InChI is InChI=1S/C11H20N4OS/c1-5-15(6-7(2)10(12)14-16)11-13-8(3)9(4)17-11/h7,16H,5-6H2,1-4H3,(H2,12,14). The van der Waals surface area contributed by atoms with Crippen LogP contribution in [-0.4, -0.2) is 29.1 Å². The molecule has 1 rings (SSSR count). The van der Waals surface area contributed by atoms with Crippen LogP contribution in [0.3, 0.4) is 0 Å². The number of rotatable bonds is 5. The molecule has 0 fully saturated rings. The van der Waals surface area contributed by atoms with E-state index in [2.05, 4.69) is 28.9 Å². The SMILES string of the molecule is CCN(CC(C)C(N)=NO)c1nc(C)c(C)s1. The third kappa shape index (κ3) is 3.33. The summed E-state index contributed by atoms with van der Waals surface area (Å²) in [6.45, 7) is 9.65. The zero-order chi connectivity index (χ0) is 13.0. The van der Waals surface area contributed by atoms with Crippen LogP contribution in [0.15, 0.2) is 5.16 Å². The Bertz CT molecular complexity index is 383. The number of aromatic nitrogens is 1. The van der Waals surface area contributed by atoms with Crippen molar-refractivity contribution in [1.29, 1.82) is 0 Å². The van der Waals surface area contributed by atoms with Crippen LogP contribution >= 0.6 is 11.3 Å². The lowest BCUT2D eigenvalue weighted by molar-refractivity contribution is 0.314. The second-order valence-corrected chi connectivity index (χ2v) is 5.28. The molecular formula is C11H20N4OS. The lowest BCUT2D eigenvalue weighted by Crippen LogP contribution is -2.34. The van der Waals surface area contributed by atoms with Crippen molar-refractivity contribution in [3.05, 3.63) is 10.6 Å². The van der Waals surface area contributed by atoms with E-state index in [-0.39, 0.29) is 11.8 Å². The van der Waals surface area contributed by atoms with E-state index >= 15 is 0 Å². The van der Waals surface area contributed by atoms with Gasteiger partial charge in [-0.15, -0.1) is 11.3 Å². The number of amidine groups is 1. The Morgan fingerprint density at radius 1 is 1.59 bits per heavy atom. The van der Waals surface area contributed by atoms with Gasteiger partial charge in [-0.05, 0) is 20.8 Å². The summed E-state index contributed by atoms with van der Waals surface area (Å²) >= 11 is 1.68. The first-order valence-electron chi connectivity index (χ1n) is 5.66. The number of oxime groups is 1. The number of nitrogens with zero attached hydrogens (tertiary/aromatic N) is 3. The Morgan fingerprint density at radius 2 is 2.24 bits per heavy atom. The quantitative estimate of drug-likeness (QED) is 0.365. The molecule has 1 heterocycles. The van der Waals surface area contributed by atoms with Crippen molar-refractivity contribution in [2.24, 2.45) is 16.8 Å². The van der Waals surface area contributed by atoms with Crippen molar-refractivity contribution in [3.63, 3.8) is 0 Å². The van der Waals surface area contributed by atoms with Crippen molar-refractivity contribution in [1.82, 2.24) is 4.98 Å². The Kier molecular flexibility index (Phi) is 4.74. The summed E-state index contributed by atoms with van der Waals surface area (Å²) in [7, 11) is 0. The molecule has 0 aliphatic rings. The van der Waals surface area contributed by atoms with Crippen LogP contribution < -0.4 is 10.6 Å². The fourth-order valence-electron chi connectivity index (χ4n) is 1.46. The van der Waals surface area contributed by atoms with E-state index in [4.69, 9.17) is 10.9 Å². The lowest BCUT2D eigenvalue weighted by atomic mass is 10.1. The Hall–Kier alpha value is -1.30. The summed E-state index contributed by atoms with van der Waals surface area (Å²) in [4.78, 5) is 7.90. The Morgan fingerprint density at radius 3 is 2.65 bits per heavy atom. The first-order valence-corrected chi connectivity index (χ1v) is 6.47. The van der Waals surface area contributed by atoms with Gasteiger partial charge in [-0.3, -0.25) is 0 Å². The average Bonchev–Trinajstić information content (AvgIpc) is 2.64. The zero-order valence-corrected chi connectivity index (χ0v) is 11.6. The number of nitrogens with two attached hydrogens (primary N) is 1. The van der Waals surface area contributed by atoms with Crippen LogP contribution in [0.5, 0.6) is 0 Å². The smallest absolute Gasteiger partial charge is 0.185 e. The number of hydrogen-bond acceptors (Lipinski definition) is 5. The molecular weight excluding hydrogens is 236 g/mol. The van der Waals surface area contributed by atoms with Gasteiger partial charge in [-0.1, -0.05) is 12.1 Å². The summed E-state index contributed by atoms with van der Waals surface area (Å²) in [5.41, 5.74) is 6.66. The molecule has 0 spiro atoms. The van der Waals surface area contributed by atoms with Gasteiger partial charge in [0.2, 0.25) is 0 Å². The minimum absolute atomic E-state index is 0.00413. The van der Waals surface area contributed by atoms with E-state index in [0.717, 1.165) is 17.4 Å². The van der Waals surface area contributed by atoms with Gasteiger partial charge < -0.3 is 15.8 Å². The predicted molar refractivity (Wildman–Crippen MR) is 72.0 cm³/mol. The van der Waals surface area contributed by atoms with Gasteiger partial charge in [-0.2, -0.15) is 0 Å². The van der Waals surface area contributed by atoms with Crippen LogP contribution in [-0.2, 0) is 0 Å². The largest absolute Gasteiger partial charge is 0.409 e. The molecule has 0 radical (unpaired) electrons. The van der Waals surface area contributed by atoms with Crippen LogP contribution in [0.1, 0.15) is 24.4 Å². The van der Waals surface area contributed by atoms with Crippen LogP contribution in [0.25, 0.3) is 0 Å². The van der Waals surface area contributed by atoms with Crippen LogP contribution in [0.2, 0.25) is 0 Å². The van der Waals surface area contributed by atoms with Gasteiger partial charge in [0.1, 0.15) is 5.84 Å². The molecule has 17 heavy (non-hydrogen) atoms. The molecule has 0 aliphatic heterocycles. The molecule has 5 nitrogen and oxygen atoms in total. The lowest BCUT2D eigenvalue weighted by Gasteiger charge is -2.23. The molecule has 96 valence electrons. The highest BCUT2D eigenvalue weighted by atomic mass is 32.1. The molecule has 0 saturated heterocycles. The minimum atomic E-state index is 0.00413. The van der Waals surface area contributed by atoms with E-state index in [0.29, 0.717) is 6.54 Å². The second-order valence-electron chi connectivity index (χ2n) is 4.10. The number of aryl methyl sites for hydroxylation is 2. The molecule has 1 unspecified atom stereocenters. The number of anilines is 1. The molecule has 1 atom stereocenters. The van der Waals surface area contributed by atoms with Gasteiger partial charge in [-0.25, -0.2) is 4.98 Å². The van der Waals surface area contributed by atoms with Crippen molar-refractivity contribution >= 4 is 22.3 Å². The molecule has 0 aromatic carbocycles. The van der Waals surface area contributed by atoms with E-state index < -0.39 is 0 Å². The fourth-order valence-corrected chi connectivity index (χ4v) is 2.44. The van der Waals surface area contributed by atoms with Gasteiger partial charge >= 0.3 is 0 Å². The van der Waals surface area contributed by atoms with Crippen LogP contribution in [0, 0.1) is 19.8 Å². The first kappa shape index (κ1) is 13.8. The summed E-state index contributed by atoms with van der Waals surface area (Å²) in [6, 6.07) is 0. The van der Waals surface area contributed by atoms with Crippen molar-refractivity contribution in [2.45, 2.75) is 27.7 Å². The van der Waals surface area contributed by atoms with Gasteiger partial charge in [0.05, 0.1) is 5.69 Å². The van der Waals surface area contributed by atoms with E-state index in [1.165, 1.54) is 4.88 Å². The highest BCUT2D eigenvalue weighted by molar-refractivity contribution is 7.15. The molecule has 1 aromatic rings. The molecule has 0 bridgehead atoms. The van der Waals surface area contributed by atoms with E-state index in [9.17, 15) is 0 Å². The van der Waals surface area contributed by atoms with Crippen molar-refractivity contribution in [2.75, 3.05) is 18.0 Å². The van der Waals surface area contributed by atoms with Crippen LogP contribution in [0.4, 0.5) is 5.13 Å². The highest BCUT2D eigenvalue weighted by Crippen LogP contribution is 2.25. The second kappa shape index (κ2) is 5.86. The third-order valence-electron chi connectivity index (χ3n) is 2.78.